The highest BCUT2D eigenvalue weighted by Crippen LogP contribution is 2.30. The first-order chi connectivity index (χ1) is 17.1. The lowest BCUT2D eigenvalue weighted by Gasteiger charge is -2.31. The van der Waals surface area contributed by atoms with Crippen molar-refractivity contribution in [2.24, 2.45) is 5.92 Å². The van der Waals surface area contributed by atoms with E-state index in [0.717, 1.165) is 18.4 Å². The molecule has 2 heterocycles. The SMILES string of the molecule is O=C(NCCc1ccc(S(=O)(=O)N2CCCC2)cc1)[C@@H]1CCCN(S(=O)(=O)c2cc(Cl)ccc2Cl)C1. The van der Waals surface area contributed by atoms with Gasteiger partial charge in [0.15, 0.2) is 0 Å². The molecule has 0 radical (unpaired) electrons. The summed E-state index contributed by atoms with van der Waals surface area (Å²) in [6.45, 7) is 1.85. The Bertz CT molecular complexity index is 1310. The normalized spacial score (nSPS) is 19.9. The molecule has 1 atom stereocenters. The maximum Gasteiger partial charge on any atom is 0.244 e. The van der Waals surface area contributed by atoms with Crippen LogP contribution in [0.5, 0.6) is 0 Å². The first kappa shape index (κ1) is 27.3. The molecule has 2 aromatic rings. The first-order valence-electron chi connectivity index (χ1n) is 11.9. The van der Waals surface area contributed by atoms with Crippen molar-refractivity contribution in [1.29, 1.82) is 0 Å². The molecule has 0 unspecified atom stereocenters. The van der Waals surface area contributed by atoms with Crippen molar-refractivity contribution < 1.29 is 21.6 Å². The van der Waals surface area contributed by atoms with Crippen molar-refractivity contribution in [1.82, 2.24) is 13.9 Å². The van der Waals surface area contributed by atoms with Gasteiger partial charge in [-0.2, -0.15) is 8.61 Å². The van der Waals surface area contributed by atoms with Crippen LogP contribution in [0.1, 0.15) is 31.2 Å². The minimum atomic E-state index is -3.88. The van der Waals surface area contributed by atoms with Gasteiger partial charge in [-0.15, -0.1) is 0 Å². The molecule has 196 valence electrons. The number of rotatable bonds is 8. The standard InChI is InChI=1S/C24H29Cl2N3O5S2/c25-20-7-10-22(26)23(16-20)36(33,34)29-15-3-4-19(17-29)24(30)27-12-11-18-5-8-21(9-6-18)35(31,32)28-13-1-2-14-28/h5-10,16,19H,1-4,11-15,17H2,(H,27,30)/t19-/m1/s1. The molecule has 0 aromatic heterocycles. The number of nitrogens with one attached hydrogen (secondary N) is 1. The second-order valence-corrected chi connectivity index (χ2v) is 13.8. The average Bonchev–Trinajstić information content (AvgIpc) is 3.42. The Morgan fingerprint density at radius 1 is 0.889 bits per heavy atom. The lowest BCUT2D eigenvalue weighted by atomic mass is 9.99. The molecule has 12 heteroatoms. The molecule has 1 amide bonds. The van der Waals surface area contributed by atoms with Crippen LogP contribution in [0.3, 0.4) is 0 Å². The molecule has 0 spiro atoms. The molecule has 2 aliphatic heterocycles. The Morgan fingerprint density at radius 2 is 1.56 bits per heavy atom. The fourth-order valence-electron chi connectivity index (χ4n) is 4.57. The molecule has 4 rings (SSSR count). The number of benzene rings is 2. The predicted octanol–water partition coefficient (Wildman–Crippen LogP) is 3.54. The van der Waals surface area contributed by atoms with E-state index in [4.69, 9.17) is 23.2 Å². The van der Waals surface area contributed by atoms with Gasteiger partial charge < -0.3 is 5.32 Å². The second-order valence-electron chi connectivity index (χ2n) is 9.07. The Labute approximate surface area is 222 Å². The number of halogens is 2. The lowest BCUT2D eigenvalue weighted by Crippen LogP contribution is -2.45. The third-order valence-corrected chi connectivity index (χ3v) is 11.1. The van der Waals surface area contributed by atoms with Crippen molar-refractivity contribution in [3.63, 3.8) is 0 Å². The number of carbonyl (C=O) groups excluding carboxylic acids is 1. The Morgan fingerprint density at radius 3 is 2.25 bits per heavy atom. The number of sulfonamides is 2. The minimum Gasteiger partial charge on any atom is -0.355 e. The zero-order chi connectivity index (χ0) is 25.9. The van der Waals surface area contributed by atoms with Crippen molar-refractivity contribution in [3.8, 4) is 0 Å². The molecule has 0 aliphatic carbocycles. The summed E-state index contributed by atoms with van der Waals surface area (Å²) in [7, 11) is -7.34. The first-order valence-corrected chi connectivity index (χ1v) is 15.5. The number of amides is 1. The molecule has 36 heavy (non-hydrogen) atoms. The van der Waals surface area contributed by atoms with Crippen LogP contribution < -0.4 is 5.32 Å². The summed E-state index contributed by atoms with van der Waals surface area (Å²) in [6, 6.07) is 11.0. The van der Waals surface area contributed by atoms with E-state index in [1.54, 1.807) is 24.3 Å². The summed E-state index contributed by atoms with van der Waals surface area (Å²) in [5, 5.41) is 3.25. The van der Waals surface area contributed by atoms with E-state index in [9.17, 15) is 21.6 Å². The molecule has 2 aliphatic rings. The van der Waals surface area contributed by atoms with E-state index in [1.165, 1.54) is 26.8 Å². The van der Waals surface area contributed by atoms with Crippen molar-refractivity contribution >= 4 is 49.2 Å². The molecule has 0 saturated carbocycles. The fourth-order valence-corrected chi connectivity index (χ4v) is 8.35. The van der Waals surface area contributed by atoms with E-state index >= 15 is 0 Å². The fraction of sp³-hybridized carbons (Fsp3) is 0.458. The van der Waals surface area contributed by atoms with Crippen LogP contribution in [0.4, 0.5) is 0 Å². The van der Waals surface area contributed by atoms with E-state index in [2.05, 4.69) is 5.32 Å². The van der Waals surface area contributed by atoms with Crippen LogP contribution in [0.15, 0.2) is 52.3 Å². The number of carbonyl (C=O) groups is 1. The van der Waals surface area contributed by atoms with Crippen molar-refractivity contribution in [2.45, 2.75) is 41.9 Å². The van der Waals surface area contributed by atoms with Crippen LogP contribution in [0.25, 0.3) is 0 Å². The maximum absolute atomic E-state index is 13.1. The molecule has 2 saturated heterocycles. The van der Waals surface area contributed by atoms with Gasteiger partial charge in [-0.25, -0.2) is 16.8 Å². The number of piperidine rings is 1. The second kappa shape index (κ2) is 11.4. The molecule has 2 aromatic carbocycles. The van der Waals surface area contributed by atoms with Gasteiger partial charge in [0, 0.05) is 37.7 Å². The Kier molecular flexibility index (Phi) is 8.63. The highest BCUT2D eigenvalue weighted by molar-refractivity contribution is 7.89. The van der Waals surface area contributed by atoms with Crippen molar-refractivity contribution in [2.75, 3.05) is 32.7 Å². The summed E-state index contributed by atoms with van der Waals surface area (Å²) in [6.07, 6.45) is 3.45. The van der Waals surface area contributed by atoms with Crippen LogP contribution in [-0.4, -0.2) is 64.1 Å². The summed E-state index contributed by atoms with van der Waals surface area (Å²) in [5.74, 6) is -0.681. The summed E-state index contributed by atoms with van der Waals surface area (Å²) >= 11 is 12.1. The topological polar surface area (TPSA) is 104 Å². The largest absolute Gasteiger partial charge is 0.355 e. The summed E-state index contributed by atoms with van der Waals surface area (Å²) < 4.78 is 54.3. The summed E-state index contributed by atoms with van der Waals surface area (Å²) in [5.41, 5.74) is 0.902. The molecule has 8 nitrogen and oxygen atoms in total. The quantitative estimate of drug-likeness (QED) is 0.520. The van der Waals surface area contributed by atoms with Gasteiger partial charge in [0.2, 0.25) is 26.0 Å². The maximum atomic E-state index is 13.1. The van der Waals surface area contributed by atoms with E-state index in [0.29, 0.717) is 45.4 Å². The third kappa shape index (κ3) is 6.06. The minimum absolute atomic E-state index is 0.0621. The molecule has 2 fully saturated rings. The van der Waals surface area contributed by atoms with Crippen LogP contribution in [0, 0.1) is 5.92 Å². The van der Waals surface area contributed by atoms with Gasteiger partial charge in [0.1, 0.15) is 4.90 Å². The van der Waals surface area contributed by atoms with Crippen LogP contribution >= 0.6 is 23.2 Å². The van der Waals surface area contributed by atoms with E-state index in [1.807, 2.05) is 0 Å². The van der Waals surface area contributed by atoms with Crippen LogP contribution in [0.2, 0.25) is 10.0 Å². The van der Waals surface area contributed by atoms with Crippen molar-refractivity contribution in [3.05, 3.63) is 58.1 Å². The van der Waals surface area contributed by atoms with Gasteiger partial charge >= 0.3 is 0 Å². The molecular formula is C24H29Cl2N3O5S2. The molecule has 0 bridgehead atoms. The average molecular weight is 575 g/mol. The summed E-state index contributed by atoms with van der Waals surface area (Å²) in [4.78, 5) is 13.0. The van der Waals surface area contributed by atoms with Gasteiger partial charge in [-0.3, -0.25) is 4.79 Å². The lowest BCUT2D eigenvalue weighted by molar-refractivity contribution is -0.126. The smallest absolute Gasteiger partial charge is 0.244 e. The van der Waals surface area contributed by atoms with Gasteiger partial charge in [0.05, 0.1) is 15.8 Å². The Balaban J connectivity index is 1.32. The zero-order valence-electron chi connectivity index (χ0n) is 19.7. The Hall–Kier alpha value is -1.69. The zero-order valence-corrected chi connectivity index (χ0v) is 22.8. The van der Waals surface area contributed by atoms with Gasteiger partial charge in [0.25, 0.3) is 0 Å². The van der Waals surface area contributed by atoms with Gasteiger partial charge in [-0.1, -0.05) is 35.3 Å². The molecule has 1 N–H and O–H groups in total. The number of hydrogen-bond donors (Lipinski definition) is 1. The van der Waals surface area contributed by atoms with Crippen LogP contribution in [-0.2, 0) is 31.3 Å². The number of hydrogen-bond acceptors (Lipinski definition) is 5. The molecular weight excluding hydrogens is 545 g/mol. The highest BCUT2D eigenvalue weighted by atomic mass is 35.5. The highest BCUT2D eigenvalue weighted by Gasteiger charge is 2.34. The monoisotopic (exact) mass is 573 g/mol. The van der Waals surface area contributed by atoms with Gasteiger partial charge in [-0.05, 0) is 68.0 Å². The van der Waals surface area contributed by atoms with E-state index < -0.39 is 26.0 Å². The number of nitrogens with zero attached hydrogens (tertiary/aromatic N) is 2. The predicted molar refractivity (Wildman–Crippen MR) is 139 cm³/mol. The van der Waals surface area contributed by atoms with E-state index in [-0.39, 0.29) is 32.3 Å². The third-order valence-electron chi connectivity index (χ3n) is 6.61.